The molecule has 146 valence electrons. The summed E-state index contributed by atoms with van der Waals surface area (Å²) >= 11 is 0. The topological polar surface area (TPSA) is 94.4 Å². The molecule has 0 radical (unpaired) electrons. The summed E-state index contributed by atoms with van der Waals surface area (Å²) in [5, 5.41) is 10.2. The van der Waals surface area contributed by atoms with Gasteiger partial charge in [-0.3, -0.25) is 0 Å². The van der Waals surface area contributed by atoms with E-state index in [1.807, 2.05) is 0 Å². The number of phenolic OH excluding ortho intramolecular Hbond substituents is 1. The van der Waals surface area contributed by atoms with Crippen LogP contribution in [0, 0.1) is 0 Å². The first-order valence-electron chi connectivity index (χ1n) is 9.40. The minimum atomic E-state index is -0.757. The van der Waals surface area contributed by atoms with Gasteiger partial charge in [0.2, 0.25) is 0 Å². The van der Waals surface area contributed by atoms with Crippen molar-refractivity contribution in [3.63, 3.8) is 0 Å². The Morgan fingerprint density at radius 3 is 2.52 bits per heavy atom. The molecule has 0 aliphatic heterocycles. The molecule has 2 aromatic rings. The number of carbonyl (C=O) groups excluding carboxylic acids is 1. The molecule has 0 spiro atoms. The van der Waals surface area contributed by atoms with E-state index in [0.717, 1.165) is 12.8 Å². The molecule has 1 aromatic carbocycles. The van der Waals surface area contributed by atoms with E-state index in [0.29, 0.717) is 23.7 Å². The molecule has 0 fully saturated rings. The van der Waals surface area contributed by atoms with Crippen LogP contribution in [0.15, 0.2) is 30.9 Å². The number of aromatic nitrogens is 3. The molecule has 1 atom stereocenters. The Bertz CT molecular complexity index is 710. The highest BCUT2D eigenvalue weighted by molar-refractivity contribution is 5.74. The first-order valence-corrected chi connectivity index (χ1v) is 9.40. The van der Waals surface area contributed by atoms with Crippen LogP contribution in [-0.2, 0) is 9.53 Å². The Morgan fingerprint density at radius 2 is 1.81 bits per heavy atom. The van der Waals surface area contributed by atoms with E-state index >= 15 is 0 Å². The minimum Gasteiger partial charge on any atom is -0.507 e. The third-order valence-corrected chi connectivity index (χ3v) is 4.09. The summed E-state index contributed by atoms with van der Waals surface area (Å²) in [7, 11) is 0. The van der Waals surface area contributed by atoms with Crippen LogP contribution in [0.25, 0.3) is 11.4 Å². The fourth-order valence-electron chi connectivity index (χ4n) is 2.58. The number of esters is 1. The zero-order chi connectivity index (χ0) is 19.5. The Morgan fingerprint density at radius 1 is 1.11 bits per heavy atom. The second kappa shape index (κ2) is 11.1. The van der Waals surface area contributed by atoms with E-state index in [-0.39, 0.29) is 5.75 Å². The van der Waals surface area contributed by atoms with Crippen LogP contribution < -0.4 is 4.74 Å². The van der Waals surface area contributed by atoms with Crippen LogP contribution in [-0.4, -0.2) is 38.7 Å². The number of aromatic hydroxyl groups is 1. The van der Waals surface area contributed by atoms with Crippen molar-refractivity contribution in [2.75, 3.05) is 6.61 Å². The lowest BCUT2D eigenvalue weighted by molar-refractivity contribution is -0.151. The van der Waals surface area contributed by atoms with Crippen molar-refractivity contribution in [3.8, 4) is 22.9 Å². The predicted octanol–water partition coefficient (Wildman–Crippen LogP) is 3.92. The second-order valence-corrected chi connectivity index (χ2v) is 6.34. The Labute approximate surface area is 159 Å². The molecular formula is C20H27N3O4. The average molecular weight is 373 g/mol. The van der Waals surface area contributed by atoms with Gasteiger partial charge in [-0.2, -0.15) is 0 Å². The molecule has 0 amide bonds. The number of nitrogens with zero attached hydrogens (tertiary/aromatic N) is 3. The van der Waals surface area contributed by atoms with Gasteiger partial charge in [0.15, 0.2) is 11.9 Å². The van der Waals surface area contributed by atoms with Crippen molar-refractivity contribution < 1.29 is 19.4 Å². The van der Waals surface area contributed by atoms with E-state index < -0.39 is 12.1 Å². The maximum Gasteiger partial charge on any atom is 0.347 e. The van der Waals surface area contributed by atoms with Crippen LogP contribution in [0.3, 0.4) is 0 Å². The van der Waals surface area contributed by atoms with Crippen LogP contribution in [0.5, 0.6) is 11.5 Å². The second-order valence-electron chi connectivity index (χ2n) is 6.34. The van der Waals surface area contributed by atoms with Crippen LogP contribution >= 0.6 is 0 Å². The molecule has 0 saturated heterocycles. The van der Waals surface area contributed by atoms with Gasteiger partial charge in [-0.1, -0.05) is 39.0 Å². The quantitative estimate of drug-likeness (QED) is 0.471. The lowest BCUT2D eigenvalue weighted by Gasteiger charge is -2.15. The highest BCUT2D eigenvalue weighted by atomic mass is 16.6. The summed E-state index contributed by atoms with van der Waals surface area (Å²) in [5.74, 6) is 0.283. The number of unbranched alkanes of at least 4 members (excludes halogenated alkanes) is 5. The van der Waals surface area contributed by atoms with Crippen molar-refractivity contribution in [1.29, 1.82) is 0 Å². The van der Waals surface area contributed by atoms with Crippen molar-refractivity contribution in [3.05, 3.63) is 30.9 Å². The molecule has 1 unspecified atom stereocenters. The maximum absolute atomic E-state index is 12.0. The number of ether oxygens (including phenoxy) is 2. The van der Waals surface area contributed by atoms with Crippen molar-refractivity contribution >= 4 is 5.97 Å². The molecule has 0 bridgehead atoms. The highest BCUT2D eigenvalue weighted by Gasteiger charge is 2.17. The largest absolute Gasteiger partial charge is 0.507 e. The fraction of sp³-hybridized carbons (Fsp3) is 0.500. The number of hydrogen-bond donors (Lipinski definition) is 1. The minimum absolute atomic E-state index is 0.0358. The molecule has 1 N–H and O–H groups in total. The zero-order valence-electron chi connectivity index (χ0n) is 15.9. The fourth-order valence-corrected chi connectivity index (χ4v) is 2.58. The smallest absolute Gasteiger partial charge is 0.347 e. The van der Waals surface area contributed by atoms with Crippen LogP contribution in [0.2, 0.25) is 0 Å². The lowest BCUT2D eigenvalue weighted by atomic mass is 10.1. The summed E-state index contributed by atoms with van der Waals surface area (Å²) in [4.78, 5) is 23.8. The zero-order valence-corrected chi connectivity index (χ0v) is 15.9. The van der Waals surface area contributed by atoms with E-state index in [9.17, 15) is 9.90 Å². The summed E-state index contributed by atoms with van der Waals surface area (Å²) in [5.41, 5.74) is 0.461. The lowest BCUT2D eigenvalue weighted by Crippen LogP contribution is -2.26. The monoisotopic (exact) mass is 373 g/mol. The normalized spacial score (nSPS) is 11.8. The number of hydrogen-bond acceptors (Lipinski definition) is 7. The van der Waals surface area contributed by atoms with E-state index in [2.05, 4.69) is 21.9 Å². The number of carbonyl (C=O) groups is 1. The molecule has 7 nitrogen and oxygen atoms in total. The van der Waals surface area contributed by atoms with Gasteiger partial charge >= 0.3 is 5.97 Å². The van der Waals surface area contributed by atoms with E-state index in [4.69, 9.17) is 9.47 Å². The SMILES string of the molecule is CCCCCCCCOC(=O)C(C)Oc1ccc(-c2ncncn2)c(O)c1. The van der Waals surface area contributed by atoms with Gasteiger partial charge in [0.25, 0.3) is 0 Å². The average Bonchev–Trinajstić information content (AvgIpc) is 2.68. The first kappa shape index (κ1) is 20.6. The van der Waals surface area contributed by atoms with Gasteiger partial charge in [0.05, 0.1) is 12.2 Å². The molecule has 0 saturated carbocycles. The summed E-state index contributed by atoms with van der Waals surface area (Å²) in [6.45, 7) is 4.21. The van der Waals surface area contributed by atoms with Crippen LogP contribution in [0.4, 0.5) is 0 Å². The predicted molar refractivity (Wildman–Crippen MR) is 101 cm³/mol. The Kier molecular flexibility index (Phi) is 8.48. The van der Waals surface area contributed by atoms with Crippen molar-refractivity contribution in [2.45, 2.75) is 58.5 Å². The summed E-state index contributed by atoms with van der Waals surface area (Å²) < 4.78 is 10.8. The molecule has 27 heavy (non-hydrogen) atoms. The van der Waals surface area contributed by atoms with Crippen molar-refractivity contribution in [1.82, 2.24) is 15.0 Å². The van der Waals surface area contributed by atoms with Gasteiger partial charge in [-0.25, -0.2) is 19.7 Å². The third kappa shape index (κ3) is 6.84. The maximum atomic E-state index is 12.0. The summed E-state index contributed by atoms with van der Waals surface area (Å²) in [6.07, 6.45) is 8.76. The third-order valence-electron chi connectivity index (χ3n) is 4.09. The molecular weight excluding hydrogens is 346 g/mol. The van der Waals surface area contributed by atoms with Gasteiger partial charge < -0.3 is 14.6 Å². The van der Waals surface area contributed by atoms with Gasteiger partial charge in [0, 0.05) is 6.07 Å². The number of phenols is 1. The molecule has 0 aliphatic carbocycles. The van der Waals surface area contributed by atoms with Crippen molar-refractivity contribution in [2.24, 2.45) is 0 Å². The first-order chi connectivity index (χ1) is 13.1. The van der Waals surface area contributed by atoms with E-state index in [1.54, 1.807) is 19.1 Å². The standard InChI is InChI=1S/C20H27N3O4/c1-3-4-5-6-7-8-11-26-20(25)15(2)27-16-9-10-17(18(24)12-16)19-22-13-21-14-23-19/h9-10,12-15,24H,3-8,11H2,1-2H3. The molecule has 1 heterocycles. The number of benzene rings is 1. The molecule has 7 heteroatoms. The molecule has 2 rings (SSSR count). The summed E-state index contributed by atoms with van der Waals surface area (Å²) in [6, 6.07) is 4.71. The van der Waals surface area contributed by atoms with Gasteiger partial charge in [-0.15, -0.1) is 0 Å². The Balaban J connectivity index is 1.78. The van der Waals surface area contributed by atoms with Crippen LogP contribution in [0.1, 0.15) is 52.4 Å². The van der Waals surface area contributed by atoms with Gasteiger partial charge in [-0.05, 0) is 25.5 Å². The molecule has 0 aliphatic rings. The highest BCUT2D eigenvalue weighted by Crippen LogP contribution is 2.30. The Hall–Kier alpha value is -2.70. The van der Waals surface area contributed by atoms with Gasteiger partial charge in [0.1, 0.15) is 24.2 Å². The molecule has 1 aromatic heterocycles. The van der Waals surface area contributed by atoms with E-state index in [1.165, 1.54) is 44.4 Å². The number of rotatable bonds is 11.